The van der Waals surface area contributed by atoms with E-state index in [0.717, 1.165) is 6.54 Å². The molecule has 27 heavy (non-hydrogen) atoms. The molecule has 2 fully saturated rings. The van der Waals surface area contributed by atoms with Gasteiger partial charge in [-0.2, -0.15) is 15.8 Å². The minimum absolute atomic E-state index is 0.224. The monoisotopic (exact) mass is 359 g/mol. The fourth-order valence-electron chi connectivity index (χ4n) is 5.56. The van der Waals surface area contributed by atoms with Gasteiger partial charge in [-0.3, -0.25) is 4.79 Å². The summed E-state index contributed by atoms with van der Waals surface area (Å²) in [7, 11) is 2.02. The van der Waals surface area contributed by atoms with E-state index in [1.165, 1.54) is 4.90 Å². The van der Waals surface area contributed by atoms with E-state index in [-0.39, 0.29) is 17.5 Å². The molecule has 0 bridgehead atoms. The summed E-state index contributed by atoms with van der Waals surface area (Å²) in [6.07, 6.45) is 0.682. The van der Waals surface area contributed by atoms with Gasteiger partial charge < -0.3 is 15.6 Å². The molecule has 134 valence electrons. The number of quaternary nitrogens is 1. The van der Waals surface area contributed by atoms with Gasteiger partial charge in [-0.15, -0.1) is 0 Å². The highest BCUT2D eigenvalue weighted by molar-refractivity contribution is 6.15. The maximum atomic E-state index is 13.4. The summed E-state index contributed by atoms with van der Waals surface area (Å²) in [6, 6.07) is 13.3. The first kappa shape index (κ1) is 17.2. The van der Waals surface area contributed by atoms with Gasteiger partial charge in [-0.25, -0.2) is 0 Å². The summed E-state index contributed by atoms with van der Waals surface area (Å²) >= 11 is 0. The second kappa shape index (κ2) is 5.64. The summed E-state index contributed by atoms with van der Waals surface area (Å²) in [6.45, 7) is 1.40. The van der Waals surface area contributed by atoms with E-state index in [4.69, 9.17) is 5.41 Å². The number of hydrogen-bond donors (Lipinski definition) is 3. The molecule has 2 heterocycles. The van der Waals surface area contributed by atoms with Crippen molar-refractivity contribution >= 4 is 17.3 Å². The average molecular weight is 359 g/mol. The summed E-state index contributed by atoms with van der Waals surface area (Å²) in [5.41, 5.74) is -2.51. The standard InChI is InChI=1S/C20H18N6O/c1-26-7-6-12-13(8-21)17(24)19(10-22,11-23)20(15(12)9-26)14-4-2-3-5-16(14)25-18(20)27/h2-5,12-13,15,24H,6-7,9H2,1H3,(H,25,27)/p+1/t12-,13?,15+,20+/m0/s1. The highest BCUT2D eigenvalue weighted by atomic mass is 16.2. The highest BCUT2D eigenvalue weighted by Gasteiger charge is 2.74. The number of nitriles is 3. The van der Waals surface area contributed by atoms with E-state index in [2.05, 4.69) is 11.4 Å². The first-order valence-corrected chi connectivity index (χ1v) is 9.01. The van der Waals surface area contributed by atoms with Gasteiger partial charge in [0.25, 0.3) is 0 Å². The molecular weight excluding hydrogens is 340 g/mol. The minimum atomic E-state index is -2.00. The molecule has 3 N–H and O–H groups in total. The Bertz CT molecular complexity index is 965. The Morgan fingerprint density at radius 3 is 2.63 bits per heavy atom. The number of likely N-dealkylation sites (tertiary alicyclic amines) is 1. The number of amides is 1. The number of hydrogen-bond acceptors (Lipinski definition) is 5. The lowest BCUT2D eigenvalue weighted by atomic mass is 9.43. The van der Waals surface area contributed by atoms with Crippen molar-refractivity contribution in [3.63, 3.8) is 0 Å². The van der Waals surface area contributed by atoms with Crippen LogP contribution in [-0.2, 0) is 10.2 Å². The predicted octanol–water partition coefficient (Wildman–Crippen LogP) is 0.234. The van der Waals surface area contributed by atoms with Crippen molar-refractivity contribution in [2.45, 2.75) is 11.8 Å². The molecule has 1 spiro atoms. The molecule has 7 heteroatoms. The van der Waals surface area contributed by atoms with Crippen LogP contribution < -0.4 is 10.2 Å². The second-order valence-corrected chi connectivity index (χ2v) is 7.77. The van der Waals surface area contributed by atoms with Crippen molar-refractivity contribution in [1.29, 1.82) is 21.2 Å². The molecule has 1 aromatic carbocycles. The molecule has 0 radical (unpaired) electrons. The van der Waals surface area contributed by atoms with Crippen LogP contribution in [0.5, 0.6) is 0 Å². The zero-order valence-corrected chi connectivity index (χ0v) is 14.9. The molecule has 1 aromatic rings. The van der Waals surface area contributed by atoms with Crippen LogP contribution in [0.25, 0.3) is 0 Å². The Morgan fingerprint density at radius 1 is 1.26 bits per heavy atom. The Labute approximate surface area is 157 Å². The minimum Gasteiger partial charge on any atom is -0.337 e. The SMILES string of the molecule is C[NH+]1CC[C@H]2C(C#N)C(=N)C(C#N)(C#N)[C@@]3(C(=O)Nc4ccccc43)[C@@H]2C1. The first-order chi connectivity index (χ1) is 13.0. The first-order valence-electron chi connectivity index (χ1n) is 9.01. The van der Waals surface area contributed by atoms with Gasteiger partial charge in [0.15, 0.2) is 0 Å². The normalized spacial score (nSPS) is 35.9. The van der Waals surface area contributed by atoms with Crippen molar-refractivity contribution in [3.8, 4) is 18.2 Å². The van der Waals surface area contributed by atoms with Crippen LogP contribution in [0, 0.1) is 62.6 Å². The van der Waals surface area contributed by atoms with E-state index in [1.807, 2.05) is 19.2 Å². The quantitative estimate of drug-likeness (QED) is 0.612. The van der Waals surface area contributed by atoms with Crippen molar-refractivity contribution < 1.29 is 9.69 Å². The van der Waals surface area contributed by atoms with Crippen LogP contribution in [-0.4, -0.2) is 31.8 Å². The molecule has 1 saturated carbocycles. The zero-order chi connectivity index (χ0) is 19.4. The highest BCUT2D eigenvalue weighted by Crippen LogP contribution is 2.61. The number of anilines is 1. The van der Waals surface area contributed by atoms with Crippen LogP contribution in [0.15, 0.2) is 24.3 Å². The van der Waals surface area contributed by atoms with Gasteiger partial charge in [-0.05, 0) is 17.5 Å². The average Bonchev–Trinajstić information content (AvgIpc) is 2.97. The Hall–Kier alpha value is -3.21. The number of nitrogens with zero attached hydrogens (tertiary/aromatic N) is 3. The molecule has 2 unspecified atom stereocenters. The van der Waals surface area contributed by atoms with Crippen molar-refractivity contribution in [1.82, 2.24) is 0 Å². The summed E-state index contributed by atoms with van der Waals surface area (Å²) in [4.78, 5) is 14.6. The lowest BCUT2D eigenvalue weighted by Crippen LogP contribution is -3.12. The second-order valence-electron chi connectivity index (χ2n) is 7.77. The third-order valence-corrected chi connectivity index (χ3v) is 6.71. The van der Waals surface area contributed by atoms with E-state index in [1.54, 1.807) is 24.3 Å². The molecule has 1 aliphatic carbocycles. The number of benzene rings is 1. The smallest absolute Gasteiger partial charge is 0.238 e. The number of nitrogens with one attached hydrogen (secondary N) is 3. The maximum absolute atomic E-state index is 13.4. The van der Waals surface area contributed by atoms with Crippen LogP contribution in [0.2, 0.25) is 0 Å². The Kier molecular flexibility index (Phi) is 3.60. The topological polar surface area (TPSA) is 129 Å². The van der Waals surface area contributed by atoms with Crippen molar-refractivity contribution in [2.75, 3.05) is 25.5 Å². The summed E-state index contributed by atoms with van der Waals surface area (Å²) in [5.74, 6) is -1.82. The van der Waals surface area contributed by atoms with Gasteiger partial charge in [0.1, 0.15) is 5.41 Å². The van der Waals surface area contributed by atoms with Gasteiger partial charge in [0.05, 0.1) is 50.0 Å². The van der Waals surface area contributed by atoms with Crippen LogP contribution in [0.4, 0.5) is 5.69 Å². The van der Waals surface area contributed by atoms with Crippen molar-refractivity contribution in [3.05, 3.63) is 29.8 Å². The van der Waals surface area contributed by atoms with Crippen LogP contribution in [0.3, 0.4) is 0 Å². The van der Waals surface area contributed by atoms with Crippen molar-refractivity contribution in [2.24, 2.45) is 23.2 Å². The molecule has 2 aliphatic heterocycles. The third kappa shape index (κ3) is 1.81. The largest absolute Gasteiger partial charge is 0.337 e. The molecular formula is C20H19N6O+. The number of carbonyl (C=O) groups excluding carboxylic acids is 1. The van der Waals surface area contributed by atoms with Gasteiger partial charge in [-0.1, -0.05) is 18.2 Å². The fourth-order valence-corrected chi connectivity index (χ4v) is 5.56. The third-order valence-electron chi connectivity index (χ3n) is 6.71. The van der Waals surface area contributed by atoms with Gasteiger partial charge in [0.2, 0.25) is 11.3 Å². The number of fused-ring (bicyclic) bond motifs is 4. The lowest BCUT2D eigenvalue weighted by Gasteiger charge is -2.54. The molecule has 7 nitrogen and oxygen atoms in total. The molecule has 0 aromatic heterocycles. The number of carbonyl (C=O) groups is 1. The summed E-state index contributed by atoms with van der Waals surface area (Å²) < 4.78 is 0. The molecule has 4 rings (SSSR count). The Balaban J connectivity index is 2.10. The molecule has 1 amide bonds. The lowest BCUT2D eigenvalue weighted by molar-refractivity contribution is -0.891. The van der Waals surface area contributed by atoms with Gasteiger partial charge in [0, 0.05) is 18.0 Å². The Morgan fingerprint density at radius 2 is 1.96 bits per heavy atom. The number of para-hydroxylation sites is 1. The van der Waals surface area contributed by atoms with E-state index >= 15 is 0 Å². The maximum Gasteiger partial charge on any atom is 0.238 e. The van der Waals surface area contributed by atoms with E-state index < -0.39 is 22.7 Å². The predicted molar refractivity (Wildman–Crippen MR) is 95.5 cm³/mol. The molecule has 3 aliphatic rings. The van der Waals surface area contributed by atoms with Crippen LogP contribution >= 0.6 is 0 Å². The summed E-state index contributed by atoms with van der Waals surface area (Å²) in [5, 5.41) is 41.6. The van der Waals surface area contributed by atoms with E-state index in [0.29, 0.717) is 24.2 Å². The number of rotatable bonds is 0. The van der Waals surface area contributed by atoms with Gasteiger partial charge >= 0.3 is 0 Å². The van der Waals surface area contributed by atoms with Crippen LogP contribution in [0.1, 0.15) is 12.0 Å². The fraction of sp³-hybridized carbons (Fsp3) is 0.450. The zero-order valence-electron chi connectivity index (χ0n) is 14.9. The molecule has 1 saturated heterocycles. The molecule has 5 atom stereocenters. The van der Waals surface area contributed by atoms with E-state index in [9.17, 15) is 20.6 Å². The number of piperidine rings is 1.